The van der Waals surface area contributed by atoms with E-state index in [1.54, 1.807) is 19.1 Å². The normalized spacial score (nSPS) is 14.3. The highest BCUT2D eigenvalue weighted by Crippen LogP contribution is 2.44. The average molecular weight is 291 g/mol. The van der Waals surface area contributed by atoms with Crippen molar-refractivity contribution in [3.05, 3.63) is 40.7 Å². The highest BCUT2D eigenvalue weighted by atomic mass is 32.1. The van der Waals surface area contributed by atoms with Crippen LogP contribution in [0.15, 0.2) is 24.3 Å². The monoisotopic (exact) mass is 291 g/mol. The van der Waals surface area contributed by atoms with E-state index in [2.05, 4.69) is 4.98 Å². The third-order valence-corrected chi connectivity index (χ3v) is 4.27. The third-order valence-electron chi connectivity index (χ3n) is 3.17. The van der Waals surface area contributed by atoms with Crippen LogP contribution in [-0.2, 0) is 4.74 Å². The number of thiazole rings is 1. The van der Waals surface area contributed by atoms with E-state index in [-0.39, 0.29) is 11.8 Å². The molecule has 1 fully saturated rings. The Morgan fingerprint density at radius 3 is 2.70 bits per heavy atom. The molecule has 1 aliphatic rings. The minimum absolute atomic E-state index is 0.279. The third kappa shape index (κ3) is 2.58. The van der Waals surface area contributed by atoms with E-state index in [1.165, 1.54) is 23.5 Å². The van der Waals surface area contributed by atoms with E-state index in [0.717, 1.165) is 29.1 Å². The second-order valence-electron chi connectivity index (χ2n) is 4.74. The van der Waals surface area contributed by atoms with E-state index in [0.29, 0.717) is 17.4 Å². The van der Waals surface area contributed by atoms with Crippen LogP contribution in [0.4, 0.5) is 4.39 Å². The molecule has 1 heterocycles. The summed E-state index contributed by atoms with van der Waals surface area (Å²) in [6.45, 7) is 2.14. The molecule has 0 radical (unpaired) electrons. The Bertz CT molecular complexity index is 632. The molecule has 1 aromatic heterocycles. The van der Waals surface area contributed by atoms with Gasteiger partial charge in [0.15, 0.2) is 0 Å². The van der Waals surface area contributed by atoms with Crippen LogP contribution in [0, 0.1) is 5.82 Å². The summed E-state index contributed by atoms with van der Waals surface area (Å²) < 4.78 is 18.0. The molecule has 3 nitrogen and oxygen atoms in total. The fourth-order valence-corrected chi connectivity index (χ4v) is 3.07. The molecule has 0 spiro atoms. The molecule has 0 atom stereocenters. The van der Waals surface area contributed by atoms with Crippen molar-refractivity contribution in [2.45, 2.75) is 25.7 Å². The molecule has 1 saturated carbocycles. The molecular weight excluding hydrogens is 277 g/mol. The van der Waals surface area contributed by atoms with E-state index >= 15 is 0 Å². The lowest BCUT2D eigenvalue weighted by Crippen LogP contribution is -2.05. The van der Waals surface area contributed by atoms with Crippen molar-refractivity contribution in [1.82, 2.24) is 4.98 Å². The van der Waals surface area contributed by atoms with Crippen LogP contribution in [0.5, 0.6) is 0 Å². The lowest BCUT2D eigenvalue weighted by atomic mass is 10.2. The minimum Gasteiger partial charge on any atom is -0.462 e. The minimum atomic E-state index is -0.305. The number of aromatic nitrogens is 1. The van der Waals surface area contributed by atoms with Crippen LogP contribution in [-0.4, -0.2) is 17.6 Å². The molecule has 0 amide bonds. The Kier molecular flexibility index (Phi) is 3.53. The highest BCUT2D eigenvalue weighted by molar-refractivity contribution is 7.17. The van der Waals surface area contributed by atoms with Crippen molar-refractivity contribution in [3.8, 4) is 10.6 Å². The SMILES string of the molecule is CCOC(=O)c1sc(-c2ccc(F)cc2)nc1C1CC1. The van der Waals surface area contributed by atoms with Gasteiger partial charge in [0, 0.05) is 11.5 Å². The summed E-state index contributed by atoms with van der Waals surface area (Å²) >= 11 is 1.33. The first-order valence-corrected chi connectivity index (χ1v) is 7.44. The number of carbonyl (C=O) groups excluding carboxylic acids is 1. The molecule has 1 aromatic carbocycles. The first-order valence-electron chi connectivity index (χ1n) is 6.63. The molecule has 3 rings (SSSR count). The molecule has 20 heavy (non-hydrogen) atoms. The van der Waals surface area contributed by atoms with Crippen molar-refractivity contribution in [2.75, 3.05) is 6.61 Å². The van der Waals surface area contributed by atoms with Crippen molar-refractivity contribution in [1.29, 1.82) is 0 Å². The first-order chi connectivity index (χ1) is 9.69. The van der Waals surface area contributed by atoms with Gasteiger partial charge in [-0.1, -0.05) is 0 Å². The lowest BCUT2D eigenvalue weighted by Gasteiger charge is -1.99. The molecule has 104 valence electrons. The van der Waals surface area contributed by atoms with Crippen LogP contribution >= 0.6 is 11.3 Å². The summed E-state index contributed by atoms with van der Waals surface area (Å²) in [6.07, 6.45) is 2.14. The average Bonchev–Trinajstić information content (AvgIpc) is 3.19. The van der Waals surface area contributed by atoms with Crippen LogP contribution in [0.2, 0.25) is 0 Å². The van der Waals surface area contributed by atoms with Crippen molar-refractivity contribution in [2.24, 2.45) is 0 Å². The number of hydrogen-bond acceptors (Lipinski definition) is 4. The van der Waals surface area contributed by atoms with Gasteiger partial charge in [0.2, 0.25) is 0 Å². The van der Waals surface area contributed by atoms with E-state index in [4.69, 9.17) is 4.74 Å². The molecule has 5 heteroatoms. The Morgan fingerprint density at radius 1 is 1.40 bits per heavy atom. The summed E-state index contributed by atoms with van der Waals surface area (Å²) in [6, 6.07) is 6.16. The Hall–Kier alpha value is -1.75. The number of hydrogen-bond donors (Lipinski definition) is 0. The number of esters is 1. The second kappa shape index (κ2) is 5.32. The van der Waals surface area contributed by atoms with Crippen LogP contribution < -0.4 is 0 Å². The van der Waals surface area contributed by atoms with Gasteiger partial charge in [-0.3, -0.25) is 0 Å². The smallest absolute Gasteiger partial charge is 0.350 e. The number of carbonyl (C=O) groups is 1. The fourth-order valence-electron chi connectivity index (χ4n) is 2.02. The first kappa shape index (κ1) is 13.2. The molecule has 0 bridgehead atoms. The van der Waals surface area contributed by atoms with Crippen molar-refractivity contribution < 1.29 is 13.9 Å². The predicted molar refractivity (Wildman–Crippen MR) is 75.4 cm³/mol. The molecule has 2 aromatic rings. The number of nitrogens with zero attached hydrogens (tertiary/aromatic N) is 1. The Labute approximate surface area is 120 Å². The maximum absolute atomic E-state index is 13.0. The van der Waals surface area contributed by atoms with Crippen LogP contribution in [0.1, 0.15) is 41.0 Å². The number of ether oxygens (including phenoxy) is 1. The Balaban J connectivity index is 1.98. The maximum Gasteiger partial charge on any atom is 0.350 e. The van der Waals surface area contributed by atoms with Gasteiger partial charge < -0.3 is 4.74 Å². The molecule has 0 N–H and O–H groups in total. The van der Waals surface area contributed by atoms with Crippen LogP contribution in [0.25, 0.3) is 10.6 Å². The van der Waals surface area contributed by atoms with Crippen molar-refractivity contribution in [3.63, 3.8) is 0 Å². The van der Waals surface area contributed by atoms with Gasteiger partial charge in [-0.25, -0.2) is 14.2 Å². The second-order valence-corrected chi connectivity index (χ2v) is 5.73. The van der Waals surface area contributed by atoms with Gasteiger partial charge in [0.25, 0.3) is 0 Å². The van der Waals surface area contributed by atoms with Crippen molar-refractivity contribution >= 4 is 17.3 Å². The highest BCUT2D eigenvalue weighted by Gasteiger charge is 2.32. The summed E-state index contributed by atoms with van der Waals surface area (Å²) in [7, 11) is 0. The molecule has 0 aliphatic heterocycles. The standard InChI is InChI=1S/C15H14FNO2S/c1-2-19-15(18)13-12(9-3-4-9)17-14(20-13)10-5-7-11(16)8-6-10/h5-9H,2-4H2,1H3. The molecular formula is C15H14FNO2S. The summed E-state index contributed by atoms with van der Waals surface area (Å²) in [5.41, 5.74) is 1.67. The van der Waals surface area contributed by atoms with Gasteiger partial charge in [0.05, 0.1) is 12.3 Å². The molecule has 1 aliphatic carbocycles. The summed E-state index contributed by atoms with van der Waals surface area (Å²) in [4.78, 5) is 17.1. The number of rotatable bonds is 4. The largest absolute Gasteiger partial charge is 0.462 e. The zero-order chi connectivity index (χ0) is 14.1. The van der Waals surface area contributed by atoms with Gasteiger partial charge in [-0.2, -0.15) is 0 Å². The number of benzene rings is 1. The maximum atomic E-state index is 13.0. The molecule has 0 saturated heterocycles. The Morgan fingerprint density at radius 2 is 2.10 bits per heavy atom. The van der Waals surface area contributed by atoms with Gasteiger partial charge in [-0.05, 0) is 44.0 Å². The summed E-state index contributed by atoms with van der Waals surface area (Å²) in [5.74, 6) is -0.210. The van der Waals surface area contributed by atoms with E-state index < -0.39 is 0 Å². The zero-order valence-corrected chi connectivity index (χ0v) is 11.9. The fraction of sp³-hybridized carbons (Fsp3) is 0.333. The van der Waals surface area contributed by atoms with E-state index in [1.807, 2.05) is 0 Å². The van der Waals surface area contributed by atoms with Gasteiger partial charge in [0.1, 0.15) is 15.7 Å². The quantitative estimate of drug-likeness (QED) is 0.799. The zero-order valence-electron chi connectivity index (χ0n) is 11.1. The van der Waals surface area contributed by atoms with E-state index in [9.17, 15) is 9.18 Å². The predicted octanol–water partition coefficient (Wildman–Crippen LogP) is 4.00. The van der Waals surface area contributed by atoms with Crippen LogP contribution in [0.3, 0.4) is 0 Å². The number of halogens is 1. The lowest BCUT2D eigenvalue weighted by molar-refractivity contribution is 0.0530. The van der Waals surface area contributed by atoms with Gasteiger partial charge in [-0.15, -0.1) is 11.3 Å². The van der Waals surface area contributed by atoms with Gasteiger partial charge >= 0.3 is 5.97 Å². The molecule has 0 unspecified atom stereocenters. The topological polar surface area (TPSA) is 39.2 Å². The summed E-state index contributed by atoms with van der Waals surface area (Å²) in [5, 5.41) is 0.745.